The maximum Gasteiger partial charge on any atom is 0.311 e. The van der Waals surface area contributed by atoms with Gasteiger partial charge < -0.3 is 22.1 Å². The molecule has 0 bridgehead atoms. The Morgan fingerprint density at radius 3 is 2.58 bits per heavy atom. The molecule has 1 fully saturated rings. The zero-order valence-corrected chi connectivity index (χ0v) is 18.4. The fourth-order valence-corrected chi connectivity index (χ4v) is 5.09. The third-order valence-electron chi connectivity index (χ3n) is 4.94. The third kappa shape index (κ3) is 3.88. The molecular formula is C20H22Br2N2OS. The lowest BCUT2D eigenvalue weighted by Crippen LogP contribution is -3.00. The largest absolute Gasteiger partial charge is 1.00 e. The molecule has 26 heavy (non-hydrogen) atoms. The van der Waals surface area contributed by atoms with Crippen molar-refractivity contribution >= 4 is 32.9 Å². The van der Waals surface area contributed by atoms with Gasteiger partial charge in [-0.2, -0.15) is 0 Å². The van der Waals surface area contributed by atoms with Gasteiger partial charge in [-0.15, -0.1) is 0 Å². The van der Waals surface area contributed by atoms with Crippen LogP contribution >= 0.6 is 27.7 Å². The Morgan fingerprint density at radius 1 is 1.12 bits per heavy atom. The van der Waals surface area contributed by atoms with Gasteiger partial charge in [0, 0.05) is 22.2 Å². The van der Waals surface area contributed by atoms with Gasteiger partial charge in [0.05, 0.1) is 13.1 Å². The second-order valence-electron chi connectivity index (χ2n) is 6.62. The maximum absolute atomic E-state index is 11.6. The lowest BCUT2D eigenvalue weighted by Gasteiger charge is -2.30. The number of halogens is 2. The summed E-state index contributed by atoms with van der Waals surface area (Å²) < 4.78 is 3.40. The predicted molar refractivity (Wildman–Crippen MR) is 107 cm³/mol. The predicted octanol–water partition coefficient (Wildman–Crippen LogP) is 0.662. The zero-order valence-electron chi connectivity index (χ0n) is 14.4. The summed E-state index contributed by atoms with van der Waals surface area (Å²) >= 11 is 5.36. The Labute approximate surface area is 178 Å². The summed E-state index contributed by atoms with van der Waals surface area (Å²) in [6.07, 6.45) is 2.11. The van der Waals surface area contributed by atoms with Crippen molar-refractivity contribution in [2.45, 2.75) is 18.6 Å². The molecule has 2 aromatic carbocycles. The molecule has 1 unspecified atom stereocenters. The number of fused-ring (bicyclic) bond motifs is 1. The van der Waals surface area contributed by atoms with E-state index in [0.717, 1.165) is 41.7 Å². The van der Waals surface area contributed by atoms with Gasteiger partial charge in [-0.05, 0) is 35.9 Å². The van der Waals surface area contributed by atoms with Crippen molar-refractivity contribution in [1.29, 1.82) is 0 Å². The number of rotatable bonds is 4. The average molecular weight is 498 g/mol. The molecule has 0 amide bonds. The summed E-state index contributed by atoms with van der Waals surface area (Å²) in [5.74, 6) is 1.13. The van der Waals surface area contributed by atoms with Crippen molar-refractivity contribution in [3.05, 3.63) is 70.2 Å². The third-order valence-corrected chi connectivity index (χ3v) is 6.69. The first kappa shape index (κ1) is 19.9. The number of thioether (sulfide) groups is 1. The second-order valence-corrected chi connectivity index (χ2v) is 8.59. The number of β-amino-alcohol motifs (C(OH)–C–C–N with tert-alkyl or cyclic N) is 1. The molecule has 0 aromatic heterocycles. The average Bonchev–Trinajstić information content (AvgIpc) is 2.95. The van der Waals surface area contributed by atoms with E-state index in [0.29, 0.717) is 6.54 Å². The molecule has 1 N–H and O–H groups in total. The van der Waals surface area contributed by atoms with Crippen LogP contribution in [0.1, 0.15) is 17.5 Å². The Morgan fingerprint density at radius 2 is 1.85 bits per heavy atom. The van der Waals surface area contributed by atoms with Crippen molar-refractivity contribution in [3.8, 4) is 0 Å². The van der Waals surface area contributed by atoms with Gasteiger partial charge >= 0.3 is 5.17 Å². The van der Waals surface area contributed by atoms with Crippen LogP contribution in [0.5, 0.6) is 0 Å². The van der Waals surface area contributed by atoms with E-state index >= 15 is 0 Å². The van der Waals surface area contributed by atoms with Gasteiger partial charge in [0.15, 0.2) is 6.54 Å². The van der Waals surface area contributed by atoms with Gasteiger partial charge in [0.1, 0.15) is 0 Å². The van der Waals surface area contributed by atoms with Gasteiger partial charge in [0.2, 0.25) is 0 Å². The number of nitrogens with zero attached hydrogens (tertiary/aromatic N) is 2. The number of hydrogen-bond donors (Lipinski definition) is 1. The van der Waals surface area contributed by atoms with E-state index in [4.69, 9.17) is 0 Å². The highest BCUT2D eigenvalue weighted by Crippen LogP contribution is 2.37. The molecule has 2 heterocycles. The number of amidine groups is 1. The Balaban J connectivity index is 0.00000196. The van der Waals surface area contributed by atoms with E-state index in [1.807, 2.05) is 36.0 Å². The molecule has 2 aliphatic heterocycles. The second kappa shape index (κ2) is 8.46. The molecule has 1 atom stereocenters. The summed E-state index contributed by atoms with van der Waals surface area (Å²) in [7, 11) is 0. The molecule has 6 heteroatoms. The first-order valence-corrected chi connectivity index (χ1v) is 10.5. The standard InChI is InChI=1S/C20H22BrN2OS.BrH/c21-18-9-7-17(8-10-18)20(24)15-22(19-23(20)12-4-14-25-19)13-11-16-5-2-1-3-6-16;/h1-3,5-10,24H,4,11-15H2;1H/q+1;/p-1. The molecule has 138 valence electrons. The van der Waals surface area contributed by atoms with Gasteiger partial charge in [-0.3, -0.25) is 0 Å². The van der Waals surface area contributed by atoms with E-state index in [1.54, 1.807) is 0 Å². The molecular weight excluding hydrogens is 476 g/mol. The normalized spacial score (nSPS) is 22.2. The Kier molecular flexibility index (Phi) is 6.49. The van der Waals surface area contributed by atoms with Crippen LogP contribution in [0.25, 0.3) is 0 Å². The zero-order chi connectivity index (χ0) is 17.3. The Hall–Kier alpha value is -0.820. The van der Waals surface area contributed by atoms with Gasteiger partial charge in [0.25, 0.3) is 5.72 Å². The topological polar surface area (TPSA) is 26.5 Å². The SMILES string of the molecule is OC1(c2ccc(Br)cc2)C[N+](CCc2ccccc2)=C2SCCCN21.[Br-]. The van der Waals surface area contributed by atoms with E-state index in [2.05, 4.69) is 55.7 Å². The van der Waals surface area contributed by atoms with Crippen LogP contribution in [0.4, 0.5) is 0 Å². The van der Waals surface area contributed by atoms with E-state index < -0.39 is 5.72 Å². The lowest BCUT2D eigenvalue weighted by molar-refractivity contribution is -0.531. The molecule has 2 aromatic rings. The molecule has 3 nitrogen and oxygen atoms in total. The summed E-state index contributed by atoms with van der Waals surface area (Å²) in [5, 5.41) is 12.8. The van der Waals surface area contributed by atoms with Crippen molar-refractivity contribution < 1.29 is 26.7 Å². The Bertz CT molecular complexity index is 782. The number of hydrogen-bond acceptors (Lipinski definition) is 3. The highest BCUT2D eigenvalue weighted by atomic mass is 79.9. The molecule has 4 rings (SSSR count). The van der Waals surface area contributed by atoms with Crippen LogP contribution in [0.2, 0.25) is 0 Å². The fraction of sp³-hybridized carbons (Fsp3) is 0.350. The lowest BCUT2D eigenvalue weighted by atomic mass is 10.0. The summed E-state index contributed by atoms with van der Waals surface area (Å²) in [4.78, 5) is 2.20. The van der Waals surface area contributed by atoms with Crippen LogP contribution in [0, 0.1) is 0 Å². The van der Waals surface area contributed by atoms with Crippen LogP contribution in [0.15, 0.2) is 59.1 Å². The van der Waals surface area contributed by atoms with Gasteiger partial charge in [-0.25, -0.2) is 9.48 Å². The highest BCUT2D eigenvalue weighted by molar-refractivity contribution is 9.10. The molecule has 0 spiro atoms. The highest BCUT2D eigenvalue weighted by Gasteiger charge is 2.53. The minimum Gasteiger partial charge on any atom is -1.00 e. The van der Waals surface area contributed by atoms with Crippen LogP contribution < -0.4 is 17.0 Å². The van der Waals surface area contributed by atoms with Crippen molar-refractivity contribution in [2.75, 3.05) is 25.4 Å². The van der Waals surface area contributed by atoms with Crippen molar-refractivity contribution in [2.24, 2.45) is 0 Å². The minimum absolute atomic E-state index is 0. The van der Waals surface area contributed by atoms with Gasteiger partial charge in [-0.1, -0.05) is 58.4 Å². The summed E-state index contributed by atoms with van der Waals surface area (Å²) in [6.45, 7) is 2.47. The van der Waals surface area contributed by atoms with E-state index in [9.17, 15) is 5.11 Å². The van der Waals surface area contributed by atoms with Crippen molar-refractivity contribution in [3.63, 3.8) is 0 Å². The van der Waals surface area contributed by atoms with E-state index in [1.165, 1.54) is 10.7 Å². The molecule has 0 radical (unpaired) electrons. The number of benzene rings is 2. The first-order chi connectivity index (χ1) is 12.2. The minimum atomic E-state index is -0.930. The first-order valence-electron chi connectivity index (χ1n) is 8.71. The number of aliphatic hydroxyl groups is 1. The van der Waals surface area contributed by atoms with Crippen LogP contribution in [0.3, 0.4) is 0 Å². The quantitative estimate of drug-likeness (QED) is 0.628. The molecule has 1 saturated heterocycles. The fourth-order valence-electron chi connectivity index (χ4n) is 3.63. The smallest absolute Gasteiger partial charge is 0.311 e. The van der Waals surface area contributed by atoms with Crippen LogP contribution in [-0.2, 0) is 12.1 Å². The summed E-state index contributed by atoms with van der Waals surface area (Å²) in [6, 6.07) is 18.7. The molecule has 2 aliphatic rings. The van der Waals surface area contributed by atoms with Crippen molar-refractivity contribution in [1.82, 2.24) is 4.90 Å². The van der Waals surface area contributed by atoms with E-state index in [-0.39, 0.29) is 17.0 Å². The summed E-state index contributed by atoms with van der Waals surface area (Å²) in [5.41, 5.74) is 1.38. The molecule has 0 saturated carbocycles. The van der Waals surface area contributed by atoms with Crippen LogP contribution in [-0.4, -0.2) is 45.1 Å². The molecule has 0 aliphatic carbocycles. The maximum atomic E-state index is 11.6. The monoisotopic (exact) mass is 496 g/mol.